The van der Waals surface area contributed by atoms with Crippen molar-refractivity contribution in [3.63, 3.8) is 0 Å². The number of hydrogen-bond donors (Lipinski definition) is 0. The average molecular weight is 483 g/mol. The normalized spacial score (nSPS) is 16.8. The van der Waals surface area contributed by atoms with E-state index in [9.17, 15) is 0 Å². The van der Waals surface area contributed by atoms with E-state index in [1.165, 1.54) is 12.8 Å². The molecule has 19 heavy (non-hydrogen) atoms. The van der Waals surface area contributed by atoms with Gasteiger partial charge in [0.25, 0.3) is 0 Å². The molecule has 0 bridgehead atoms. The minimum atomic E-state index is -1.60. The molecule has 0 amide bonds. The van der Waals surface area contributed by atoms with Crippen LogP contribution >= 0.6 is 24.8 Å². The summed E-state index contributed by atoms with van der Waals surface area (Å²) in [6.45, 7) is 9.89. The zero-order valence-electron chi connectivity index (χ0n) is 12.3. The van der Waals surface area contributed by atoms with Gasteiger partial charge in [-0.15, -0.1) is 24.8 Å². The Bertz CT molecular complexity index is 420. The second-order valence-corrected chi connectivity index (χ2v) is 32.5. The van der Waals surface area contributed by atoms with Gasteiger partial charge in [-0.2, -0.15) is 0 Å². The largest absolute Gasteiger partial charge is 0.147 e. The van der Waals surface area contributed by atoms with E-state index in [4.69, 9.17) is 0 Å². The van der Waals surface area contributed by atoms with E-state index < -0.39 is 26.6 Å². The Balaban J connectivity index is 0.00000162. The molecule has 0 saturated carbocycles. The average Bonchev–Trinajstić information content (AvgIpc) is 2.87. The fraction of sp³-hybridized carbons (Fsp3) is 0.467. The van der Waals surface area contributed by atoms with Crippen LogP contribution in [0.1, 0.15) is 26.7 Å². The maximum absolute atomic E-state index is 2.59. The first-order valence-corrected chi connectivity index (χ1v) is 19.4. The first-order valence-electron chi connectivity index (χ1n) is 6.74. The van der Waals surface area contributed by atoms with Crippen LogP contribution in [0.4, 0.5) is 0 Å². The van der Waals surface area contributed by atoms with Crippen LogP contribution in [-0.2, 0) is 20.6 Å². The van der Waals surface area contributed by atoms with E-state index >= 15 is 0 Å². The van der Waals surface area contributed by atoms with Crippen LogP contribution in [0.15, 0.2) is 42.6 Å². The quantitative estimate of drug-likeness (QED) is 0.486. The van der Waals surface area contributed by atoms with Crippen molar-refractivity contribution >= 4 is 30.8 Å². The standard InChI is InChI=1S/C8H11.C5H5.C2H7Si.2ClH.Hf/c1-7(2)8-5-3-4-6-8;1-2-4-5-3-1;1-3-2;;;/h3,5,7H,4H2,1-2H3;1-3H,4H2;3H,1-2H3;2*1H;. The third-order valence-electron chi connectivity index (χ3n) is 3.61. The van der Waals surface area contributed by atoms with Crippen molar-refractivity contribution < 1.29 is 20.6 Å². The summed E-state index contributed by atoms with van der Waals surface area (Å²) in [7, 11) is 0. The Hall–Kier alpha value is 0.627. The summed E-state index contributed by atoms with van der Waals surface area (Å²) in [4.78, 5) is 0. The van der Waals surface area contributed by atoms with Gasteiger partial charge in [-0.1, -0.05) is 0 Å². The third-order valence-corrected chi connectivity index (χ3v) is 31.0. The number of allylic oxidation sites excluding steroid dienone is 8. The first kappa shape index (κ1) is 19.6. The molecule has 2 rings (SSSR count). The van der Waals surface area contributed by atoms with E-state index in [0.717, 1.165) is 5.92 Å². The summed E-state index contributed by atoms with van der Waals surface area (Å²) in [5.74, 6) is 0.264. The van der Waals surface area contributed by atoms with E-state index in [1.807, 2.05) is 6.66 Å². The molecule has 0 N–H and O–H groups in total. The number of hydrogen-bond acceptors (Lipinski definition) is 0. The fourth-order valence-corrected chi connectivity index (χ4v) is 31.2. The van der Waals surface area contributed by atoms with E-state index in [0.29, 0.717) is 0 Å². The van der Waals surface area contributed by atoms with Gasteiger partial charge in [-0.25, -0.2) is 0 Å². The first-order chi connectivity index (χ1) is 8.11. The van der Waals surface area contributed by atoms with Crippen molar-refractivity contribution in [1.82, 2.24) is 0 Å². The van der Waals surface area contributed by atoms with Crippen molar-refractivity contribution in [3.05, 3.63) is 42.6 Å². The molecule has 0 unspecified atom stereocenters. The van der Waals surface area contributed by atoms with Gasteiger partial charge in [-0.3, -0.25) is 0 Å². The minimum Gasteiger partial charge on any atom is -0.147 e. The maximum atomic E-state index is 2.59. The fourth-order valence-electron chi connectivity index (χ4n) is 2.89. The molecule has 0 aromatic heterocycles. The molecule has 0 radical (unpaired) electrons. The molecule has 107 valence electrons. The topological polar surface area (TPSA) is 0 Å². The maximum Gasteiger partial charge on any atom is -0.147 e. The molecule has 0 nitrogen and oxygen atoms in total. The molecule has 0 atom stereocenters. The zero-order valence-corrected chi connectivity index (χ0v) is 18.7. The van der Waals surface area contributed by atoms with Crippen LogP contribution in [0, 0.1) is 5.92 Å². The van der Waals surface area contributed by atoms with Crippen LogP contribution in [0.25, 0.3) is 0 Å². The molecular weight excluding hydrogens is 458 g/mol. The van der Waals surface area contributed by atoms with Crippen molar-refractivity contribution in [2.24, 2.45) is 5.92 Å². The van der Waals surface area contributed by atoms with Gasteiger partial charge in [0.15, 0.2) is 0 Å². The Kier molecular flexibility index (Phi) is 9.10. The van der Waals surface area contributed by atoms with Crippen molar-refractivity contribution in [2.75, 3.05) is 0 Å². The number of rotatable bonds is 4. The SMILES string of the molecule is CC(C)C1=[C]([Hf]([C]2=CC=CC2)[SiH](C)C)CC=C1.Cl.Cl. The van der Waals surface area contributed by atoms with Gasteiger partial charge in [-0.05, 0) is 0 Å². The van der Waals surface area contributed by atoms with Gasteiger partial charge in [0.05, 0.1) is 0 Å². The predicted molar refractivity (Wildman–Crippen MR) is 90.8 cm³/mol. The Labute approximate surface area is 139 Å². The summed E-state index contributed by atoms with van der Waals surface area (Å²) >= 11 is -1.60. The molecule has 0 heterocycles. The van der Waals surface area contributed by atoms with Gasteiger partial charge in [0.1, 0.15) is 0 Å². The summed E-state index contributed by atoms with van der Waals surface area (Å²) in [5.41, 5.74) is 1.71. The van der Waals surface area contributed by atoms with Crippen LogP contribution in [-0.4, -0.2) is 5.98 Å². The van der Waals surface area contributed by atoms with Gasteiger partial charge in [0.2, 0.25) is 0 Å². The molecule has 0 aliphatic heterocycles. The molecule has 4 heteroatoms. The predicted octanol–water partition coefficient (Wildman–Crippen LogP) is 5.15. The van der Waals surface area contributed by atoms with Crippen molar-refractivity contribution in [3.8, 4) is 0 Å². The Morgan fingerprint density at radius 1 is 1.11 bits per heavy atom. The smallest absolute Gasteiger partial charge is 0.147 e. The second kappa shape index (κ2) is 8.81. The zero-order chi connectivity index (χ0) is 12.4. The molecule has 0 saturated heterocycles. The second-order valence-electron chi connectivity index (χ2n) is 5.59. The Morgan fingerprint density at radius 3 is 2.26 bits per heavy atom. The van der Waals surface area contributed by atoms with E-state index in [2.05, 4.69) is 57.3 Å². The van der Waals surface area contributed by atoms with E-state index in [-0.39, 0.29) is 24.8 Å². The molecule has 2 aliphatic carbocycles. The van der Waals surface area contributed by atoms with Crippen LogP contribution in [0.3, 0.4) is 0 Å². The van der Waals surface area contributed by atoms with E-state index in [1.54, 1.807) is 5.57 Å². The minimum absolute atomic E-state index is 0. The third kappa shape index (κ3) is 4.55. The molecule has 0 spiro atoms. The number of halogens is 2. The summed E-state index contributed by atoms with van der Waals surface area (Å²) < 4.78 is 3.83. The van der Waals surface area contributed by atoms with Gasteiger partial charge >= 0.3 is 115 Å². The van der Waals surface area contributed by atoms with Crippen molar-refractivity contribution in [1.29, 1.82) is 0 Å². The molecular formula is C15H25Cl2HfSi. The van der Waals surface area contributed by atoms with Crippen LogP contribution < -0.4 is 0 Å². The molecule has 0 fully saturated rings. The van der Waals surface area contributed by atoms with Crippen LogP contribution in [0.5, 0.6) is 0 Å². The molecule has 2 aliphatic rings. The molecule has 0 aromatic carbocycles. The Morgan fingerprint density at radius 2 is 1.79 bits per heavy atom. The van der Waals surface area contributed by atoms with Gasteiger partial charge < -0.3 is 0 Å². The van der Waals surface area contributed by atoms with Gasteiger partial charge in [0, 0.05) is 0 Å². The van der Waals surface area contributed by atoms with Crippen molar-refractivity contribution in [2.45, 2.75) is 39.8 Å². The monoisotopic (exact) mass is 483 g/mol. The summed E-state index contributed by atoms with van der Waals surface area (Å²) in [6.07, 6.45) is 14.5. The molecule has 0 aromatic rings. The summed E-state index contributed by atoms with van der Waals surface area (Å²) in [6, 6.07) is 0. The van der Waals surface area contributed by atoms with Crippen LogP contribution in [0.2, 0.25) is 13.1 Å². The summed E-state index contributed by atoms with van der Waals surface area (Å²) in [5, 5.41) is 0.